The summed E-state index contributed by atoms with van der Waals surface area (Å²) in [6.45, 7) is 2.12. The Morgan fingerprint density at radius 1 is 1.06 bits per heavy atom. The largest absolute Gasteiger partial charge is 0.335 e. The van der Waals surface area contributed by atoms with E-state index in [0.29, 0.717) is 5.39 Å². The molecule has 1 aliphatic carbocycles. The van der Waals surface area contributed by atoms with Crippen LogP contribution in [-0.4, -0.2) is 30.5 Å². The molecule has 1 saturated carbocycles. The lowest BCUT2D eigenvalue weighted by Gasteiger charge is -2.22. The maximum atomic E-state index is 12.2. The Hall–Kier alpha value is -3.20. The summed E-state index contributed by atoms with van der Waals surface area (Å²) in [5, 5.41) is 3.39. The first-order valence-corrected chi connectivity index (χ1v) is 13.2. The number of hydrogen-bond acceptors (Lipinski definition) is 5. The third-order valence-corrected chi connectivity index (χ3v) is 7.11. The van der Waals surface area contributed by atoms with Gasteiger partial charge < -0.3 is 10.3 Å². The van der Waals surface area contributed by atoms with Crippen LogP contribution in [0.2, 0.25) is 0 Å². The molecule has 0 aliphatic heterocycles. The normalized spacial score (nSPS) is 14.1. The highest BCUT2D eigenvalue weighted by Crippen LogP contribution is 2.17. The van der Waals surface area contributed by atoms with Gasteiger partial charge in [0.15, 0.2) is 0 Å². The van der Waals surface area contributed by atoms with Gasteiger partial charge in [-0.3, -0.25) is 4.79 Å². The van der Waals surface area contributed by atoms with E-state index in [9.17, 15) is 18.0 Å². The maximum Gasteiger partial charge on any atom is 0.328 e. The molecule has 182 valence electrons. The van der Waals surface area contributed by atoms with Crippen LogP contribution >= 0.6 is 0 Å². The van der Waals surface area contributed by atoms with Crippen molar-refractivity contribution in [2.24, 2.45) is 0 Å². The molecule has 0 bridgehead atoms. The van der Waals surface area contributed by atoms with Crippen LogP contribution in [0.1, 0.15) is 57.4 Å². The Balaban J connectivity index is 0.000000243. The molecule has 2 amide bonds. The molecule has 0 radical (unpaired) electrons. The summed E-state index contributed by atoms with van der Waals surface area (Å²) < 4.78 is 26.6. The summed E-state index contributed by atoms with van der Waals surface area (Å²) in [5.74, 6) is 0. The molecule has 1 aromatic heterocycles. The Kier molecular flexibility index (Phi) is 9.21. The van der Waals surface area contributed by atoms with Gasteiger partial charge in [0.05, 0.1) is 22.1 Å². The fourth-order valence-electron chi connectivity index (χ4n) is 3.88. The molecule has 1 aliphatic rings. The zero-order valence-corrected chi connectivity index (χ0v) is 20.2. The van der Waals surface area contributed by atoms with Gasteiger partial charge in [-0.25, -0.2) is 22.9 Å². The number of para-hydroxylation sites is 1. The second-order valence-corrected chi connectivity index (χ2v) is 10.1. The number of aromatic amines is 1. The number of aryl methyl sites for hydroxylation is 1. The summed E-state index contributed by atoms with van der Waals surface area (Å²) >= 11 is 0. The van der Waals surface area contributed by atoms with Gasteiger partial charge >= 0.3 is 6.03 Å². The number of carbonyl (C=O) groups is 1. The lowest BCUT2D eigenvalue weighted by atomic mass is 9.96. The first-order chi connectivity index (χ1) is 16.4. The van der Waals surface area contributed by atoms with Crippen molar-refractivity contribution in [2.45, 2.75) is 69.2 Å². The molecule has 0 spiro atoms. The second-order valence-electron chi connectivity index (χ2n) is 8.41. The Bertz CT molecular complexity index is 1230. The minimum atomic E-state index is -3.81. The van der Waals surface area contributed by atoms with Crippen molar-refractivity contribution in [3.05, 3.63) is 70.8 Å². The van der Waals surface area contributed by atoms with E-state index in [4.69, 9.17) is 0 Å². The highest BCUT2D eigenvalue weighted by Gasteiger charge is 2.21. The summed E-state index contributed by atoms with van der Waals surface area (Å²) in [5.41, 5.74) is 1.75. The molecular formula is C25H32N4O4S. The molecule has 0 atom stereocenters. The van der Waals surface area contributed by atoms with E-state index in [1.165, 1.54) is 12.7 Å². The van der Waals surface area contributed by atoms with Crippen LogP contribution in [0.5, 0.6) is 0 Å². The number of nitrogens with one attached hydrogen (secondary N) is 3. The topological polar surface area (TPSA) is 121 Å². The van der Waals surface area contributed by atoms with Crippen LogP contribution in [0.4, 0.5) is 4.79 Å². The Morgan fingerprint density at radius 2 is 1.76 bits per heavy atom. The zero-order chi connectivity index (χ0) is 24.4. The van der Waals surface area contributed by atoms with Crippen molar-refractivity contribution in [3.8, 4) is 0 Å². The van der Waals surface area contributed by atoms with Crippen molar-refractivity contribution in [1.82, 2.24) is 20.0 Å². The lowest BCUT2D eigenvalue weighted by Crippen LogP contribution is -2.45. The highest BCUT2D eigenvalue weighted by molar-refractivity contribution is 7.90. The monoisotopic (exact) mass is 484 g/mol. The van der Waals surface area contributed by atoms with Crippen molar-refractivity contribution < 1.29 is 13.2 Å². The fraction of sp³-hybridized carbons (Fsp3) is 0.400. The number of rotatable bonds is 6. The van der Waals surface area contributed by atoms with Gasteiger partial charge in [-0.2, -0.15) is 0 Å². The molecule has 8 nitrogen and oxygen atoms in total. The number of nitrogens with zero attached hydrogens (tertiary/aromatic N) is 1. The van der Waals surface area contributed by atoms with E-state index in [1.54, 1.807) is 18.2 Å². The standard InChI is InChI=1S/C17H26N2O3S.C8H6N2O/c1-2-3-7-14-10-12-16(13-11-14)23(21,22)19-17(20)18-15-8-5-4-6-9-15;11-8-6-3-1-2-4-7(6)9-5-10-8/h10-13,15H,2-9H2,1H3,(H2,18,19,20);1-5H,(H,9,10,11). The number of H-pyrrole nitrogens is 1. The number of urea groups is 1. The highest BCUT2D eigenvalue weighted by atomic mass is 32.2. The van der Waals surface area contributed by atoms with Crippen LogP contribution < -0.4 is 15.6 Å². The van der Waals surface area contributed by atoms with Gasteiger partial charge in [0.1, 0.15) is 0 Å². The average molecular weight is 485 g/mol. The number of aromatic nitrogens is 2. The molecule has 1 heterocycles. The summed E-state index contributed by atoms with van der Waals surface area (Å²) in [6.07, 6.45) is 9.70. The number of sulfonamides is 1. The van der Waals surface area contributed by atoms with Gasteiger partial charge in [-0.05, 0) is 55.5 Å². The number of carbonyl (C=O) groups excluding carboxylic acids is 1. The van der Waals surface area contributed by atoms with Crippen molar-refractivity contribution >= 4 is 27.0 Å². The molecule has 9 heteroatoms. The van der Waals surface area contributed by atoms with Gasteiger partial charge in [-0.15, -0.1) is 0 Å². The smallest absolute Gasteiger partial charge is 0.328 e. The predicted molar refractivity (Wildman–Crippen MR) is 133 cm³/mol. The average Bonchev–Trinajstić information content (AvgIpc) is 2.84. The van der Waals surface area contributed by atoms with Gasteiger partial charge in [0, 0.05) is 6.04 Å². The molecule has 34 heavy (non-hydrogen) atoms. The van der Waals surface area contributed by atoms with Crippen LogP contribution in [0.3, 0.4) is 0 Å². The molecular weight excluding hydrogens is 452 g/mol. The molecule has 0 saturated heterocycles. The SMILES string of the molecule is CCCCc1ccc(S(=O)(=O)NC(=O)NC2CCCCC2)cc1.O=c1[nH]cnc2ccccc12. The minimum Gasteiger partial charge on any atom is -0.335 e. The van der Waals surface area contributed by atoms with E-state index in [-0.39, 0.29) is 16.5 Å². The predicted octanol–water partition coefficient (Wildman–Crippen LogP) is 4.27. The molecule has 3 N–H and O–H groups in total. The number of benzene rings is 2. The quantitative estimate of drug-likeness (QED) is 0.482. The van der Waals surface area contributed by atoms with Crippen LogP contribution in [-0.2, 0) is 16.4 Å². The maximum absolute atomic E-state index is 12.2. The van der Waals surface area contributed by atoms with Crippen molar-refractivity contribution in [1.29, 1.82) is 0 Å². The van der Waals surface area contributed by atoms with E-state index in [1.807, 2.05) is 30.3 Å². The molecule has 4 rings (SSSR count). The molecule has 2 aromatic carbocycles. The lowest BCUT2D eigenvalue weighted by molar-refractivity contribution is 0.237. The fourth-order valence-corrected chi connectivity index (χ4v) is 4.79. The third kappa shape index (κ3) is 7.41. The number of unbranched alkanes of at least 4 members (excludes halogenated alkanes) is 1. The van der Waals surface area contributed by atoms with Gasteiger partial charge in [0.25, 0.3) is 15.6 Å². The van der Waals surface area contributed by atoms with Crippen LogP contribution in [0.25, 0.3) is 10.9 Å². The van der Waals surface area contributed by atoms with Crippen molar-refractivity contribution in [3.63, 3.8) is 0 Å². The first kappa shape index (κ1) is 25.4. The first-order valence-electron chi connectivity index (χ1n) is 11.7. The minimum absolute atomic E-state index is 0.0790. The van der Waals surface area contributed by atoms with E-state index in [2.05, 4.69) is 26.9 Å². The van der Waals surface area contributed by atoms with E-state index >= 15 is 0 Å². The molecule has 1 fully saturated rings. The number of fused-ring (bicyclic) bond motifs is 1. The zero-order valence-electron chi connectivity index (χ0n) is 19.4. The van der Waals surface area contributed by atoms with Gasteiger partial charge in [-0.1, -0.05) is 56.9 Å². The van der Waals surface area contributed by atoms with Gasteiger partial charge in [0.2, 0.25) is 0 Å². The Labute approximate surface area is 200 Å². The number of amides is 2. The summed E-state index contributed by atoms with van der Waals surface area (Å²) in [4.78, 5) is 29.6. The van der Waals surface area contributed by atoms with Crippen molar-refractivity contribution in [2.75, 3.05) is 0 Å². The molecule has 3 aromatic rings. The molecule has 0 unspecified atom stereocenters. The summed E-state index contributed by atoms with van der Waals surface area (Å²) in [6, 6.07) is 13.4. The van der Waals surface area contributed by atoms with Crippen LogP contribution in [0.15, 0.2) is 64.5 Å². The number of hydrogen-bond donors (Lipinski definition) is 3. The second kappa shape index (κ2) is 12.3. The Morgan fingerprint density at radius 3 is 2.44 bits per heavy atom. The summed E-state index contributed by atoms with van der Waals surface area (Å²) in [7, 11) is -3.81. The third-order valence-electron chi connectivity index (χ3n) is 5.77. The van der Waals surface area contributed by atoms with Crippen LogP contribution in [0, 0.1) is 0 Å². The van der Waals surface area contributed by atoms with E-state index in [0.717, 1.165) is 56.0 Å². The van der Waals surface area contributed by atoms with E-state index < -0.39 is 16.1 Å².